The van der Waals surface area contributed by atoms with Crippen LogP contribution in [0.25, 0.3) is 10.9 Å². The lowest BCUT2D eigenvalue weighted by atomic mass is 10.0. The molecule has 1 aliphatic heterocycles. The van der Waals surface area contributed by atoms with E-state index in [0.29, 0.717) is 6.61 Å². The summed E-state index contributed by atoms with van der Waals surface area (Å²) >= 11 is 0. The fourth-order valence-corrected chi connectivity index (χ4v) is 2.31. The number of aliphatic hydroxyl groups excluding tert-OH is 1. The summed E-state index contributed by atoms with van der Waals surface area (Å²) in [6.07, 6.45) is 0.535. The quantitative estimate of drug-likeness (QED) is 0.769. The fraction of sp³-hybridized carbons (Fsp3) is 0.385. The molecule has 0 bridgehead atoms. The Balaban J connectivity index is 2.21. The Bertz CT molecular complexity index is 528. The van der Waals surface area contributed by atoms with Crippen molar-refractivity contribution in [1.29, 1.82) is 0 Å². The van der Waals surface area contributed by atoms with Crippen molar-refractivity contribution in [2.45, 2.75) is 26.1 Å². The minimum absolute atomic E-state index is 0.417. The molecule has 1 aromatic heterocycles. The van der Waals surface area contributed by atoms with Crippen LogP contribution in [0.15, 0.2) is 18.2 Å². The molecule has 84 valence electrons. The first-order valence-electron chi connectivity index (χ1n) is 5.65. The van der Waals surface area contributed by atoms with Crippen LogP contribution in [0, 0.1) is 0 Å². The number of aromatic nitrogens is 1. The number of aromatic amines is 1. The highest BCUT2D eigenvalue weighted by Crippen LogP contribution is 2.28. The fourth-order valence-electron chi connectivity index (χ4n) is 2.31. The molecular formula is C13H15NO2. The van der Waals surface area contributed by atoms with Gasteiger partial charge in [-0.1, -0.05) is 6.07 Å². The van der Waals surface area contributed by atoms with Gasteiger partial charge in [-0.05, 0) is 24.6 Å². The average molecular weight is 217 g/mol. The number of rotatable bonds is 1. The highest BCUT2D eigenvalue weighted by molar-refractivity contribution is 5.85. The lowest BCUT2D eigenvalue weighted by Crippen LogP contribution is -2.08. The topological polar surface area (TPSA) is 45.2 Å². The summed E-state index contributed by atoms with van der Waals surface area (Å²) in [4.78, 5) is 3.42. The summed E-state index contributed by atoms with van der Waals surface area (Å²) in [5.41, 5.74) is 4.63. The van der Waals surface area contributed by atoms with Crippen molar-refractivity contribution < 1.29 is 9.84 Å². The molecule has 1 unspecified atom stereocenters. The number of ether oxygens (including phenoxy) is 1. The summed E-state index contributed by atoms with van der Waals surface area (Å²) in [6, 6.07) is 6.07. The summed E-state index contributed by atoms with van der Waals surface area (Å²) in [5, 5.41) is 10.8. The molecule has 0 aliphatic carbocycles. The zero-order valence-corrected chi connectivity index (χ0v) is 9.29. The molecular weight excluding hydrogens is 202 g/mol. The molecule has 1 atom stereocenters. The van der Waals surface area contributed by atoms with E-state index >= 15 is 0 Å². The summed E-state index contributed by atoms with van der Waals surface area (Å²) < 4.78 is 5.48. The number of benzene rings is 1. The molecule has 0 fully saturated rings. The van der Waals surface area contributed by atoms with E-state index in [1.807, 2.05) is 12.1 Å². The van der Waals surface area contributed by atoms with Crippen molar-refractivity contribution in [3.05, 3.63) is 35.0 Å². The van der Waals surface area contributed by atoms with E-state index in [2.05, 4.69) is 11.1 Å². The third-order valence-corrected chi connectivity index (χ3v) is 3.24. The Hall–Kier alpha value is -1.32. The van der Waals surface area contributed by atoms with Gasteiger partial charge in [0.1, 0.15) is 0 Å². The molecule has 2 N–H and O–H groups in total. The van der Waals surface area contributed by atoms with Gasteiger partial charge < -0.3 is 14.8 Å². The number of nitrogens with one attached hydrogen (secondary N) is 1. The smallest absolute Gasteiger partial charge is 0.0762 e. The molecule has 3 heteroatoms. The van der Waals surface area contributed by atoms with Crippen LogP contribution >= 0.6 is 0 Å². The monoisotopic (exact) mass is 217 g/mol. The SMILES string of the molecule is CC(O)c1ccc2[nH]c3c(c2c1)COCC3. The number of hydrogen-bond donors (Lipinski definition) is 2. The van der Waals surface area contributed by atoms with Gasteiger partial charge in [0.2, 0.25) is 0 Å². The summed E-state index contributed by atoms with van der Waals surface area (Å²) in [5.74, 6) is 0. The zero-order chi connectivity index (χ0) is 11.1. The van der Waals surface area contributed by atoms with Gasteiger partial charge in [0.25, 0.3) is 0 Å². The number of hydrogen-bond acceptors (Lipinski definition) is 2. The molecule has 16 heavy (non-hydrogen) atoms. The van der Waals surface area contributed by atoms with Gasteiger partial charge in [-0.3, -0.25) is 0 Å². The Labute approximate surface area is 94.0 Å². The molecule has 0 radical (unpaired) electrons. The van der Waals surface area contributed by atoms with Crippen LogP contribution in [0.3, 0.4) is 0 Å². The average Bonchev–Trinajstić information content (AvgIpc) is 2.66. The van der Waals surface area contributed by atoms with Crippen LogP contribution in [0.1, 0.15) is 29.8 Å². The van der Waals surface area contributed by atoms with Crippen molar-refractivity contribution in [2.75, 3.05) is 6.61 Å². The predicted molar refractivity (Wildman–Crippen MR) is 62.3 cm³/mol. The second-order valence-electron chi connectivity index (χ2n) is 4.37. The van der Waals surface area contributed by atoms with E-state index in [-0.39, 0.29) is 0 Å². The Morgan fingerprint density at radius 1 is 1.44 bits per heavy atom. The van der Waals surface area contributed by atoms with Crippen molar-refractivity contribution in [1.82, 2.24) is 4.98 Å². The third kappa shape index (κ3) is 1.44. The highest BCUT2D eigenvalue weighted by atomic mass is 16.5. The van der Waals surface area contributed by atoms with E-state index in [1.54, 1.807) is 6.92 Å². The first kappa shape index (κ1) is 9.87. The number of H-pyrrole nitrogens is 1. The van der Waals surface area contributed by atoms with Gasteiger partial charge in [-0.25, -0.2) is 0 Å². The number of aliphatic hydroxyl groups is 1. The maximum Gasteiger partial charge on any atom is 0.0762 e. The van der Waals surface area contributed by atoms with Gasteiger partial charge in [-0.15, -0.1) is 0 Å². The van der Waals surface area contributed by atoms with Crippen LogP contribution < -0.4 is 0 Å². The van der Waals surface area contributed by atoms with Gasteiger partial charge in [0.15, 0.2) is 0 Å². The van der Waals surface area contributed by atoms with E-state index in [1.165, 1.54) is 16.6 Å². The lowest BCUT2D eigenvalue weighted by Gasteiger charge is -2.12. The molecule has 1 aromatic carbocycles. The zero-order valence-electron chi connectivity index (χ0n) is 9.29. The molecule has 0 saturated heterocycles. The molecule has 3 nitrogen and oxygen atoms in total. The first-order valence-corrected chi connectivity index (χ1v) is 5.65. The van der Waals surface area contributed by atoms with Crippen molar-refractivity contribution >= 4 is 10.9 Å². The van der Waals surface area contributed by atoms with Gasteiger partial charge in [0.05, 0.1) is 19.3 Å². The van der Waals surface area contributed by atoms with Crippen molar-refractivity contribution in [3.63, 3.8) is 0 Å². The van der Waals surface area contributed by atoms with Crippen LogP contribution in [-0.4, -0.2) is 16.7 Å². The highest BCUT2D eigenvalue weighted by Gasteiger charge is 2.16. The molecule has 2 heterocycles. The van der Waals surface area contributed by atoms with E-state index in [4.69, 9.17) is 4.74 Å². The summed E-state index contributed by atoms with van der Waals surface area (Å²) in [7, 11) is 0. The Morgan fingerprint density at radius 3 is 3.12 bits per heavy atom. The van der Waals surface area contributed by atoms with Gasteiger partial charge in [-0.2, -0.15) is 0 Å². The molecule has 0 spiro atoms. The maximum absolute atomic E-state index is 9.58. The maximum atomic E-state index is 9.58. The van der Waals surface area contributed by atoms with Crippen LogP contribution in [0.5, 0.6) is 0 Å². The predicted octanol–water partition coefficient (Wildman–Crippen LogP) is 2.29. The normalized spacial score (nSPS) is 17.4. The largest absolute Gasteiger partial charge is 0.389 e. The van der Waals surface area contributed by atoms with E-state index in [0.717, 1.165) is 24.1 Å². The van der Waals surface area contributed by atoms with Crippen LogP contribution in [0.4, 0.5) is 0 Å². The molecule has 3 rings (SSSR count). The van der Waals surface area contributed by atoms with E-state index < -0.39 is 6.10 Å². The second kappa shape index (κ2) is 3.61. The lowest BCUT2D eigenvalue weighted by molar-refractivity contribution is 0.111. The minimum atomic E-state index is -0.417. The molecule has 2 aromatic rings. The van der Waals surface area contributed by atoms with Gasteiger partial charge >= 0.3 is 0 Å². The molecule has 1 aliphatic rings. The molecule has 0 saturated carbocycles. The second-order valence-corrected chi connectivity index (χ2v) is 4.37. The Morgan fingerprint density at radius 2 is 2.31 bits per heavy atom. The Kier molecular flexibility index (Phi) is 2.23. The van der Waals surface area contributed by atoms with Gasteiger partial charge in [0, 0.05) is 28.6 Å². The minimum Gasteiger partial charge on any atom is -0.389 e. The van der Waals surface area contributed by atoms with Crippen LogP contribution in [-0.2, 0) is 17.8 Å². The van der Waals surface area contributed by atoms with Crippen molar-refractivity contribution in [2.24, 2.45) is 0 Å². The number of fused-ring (bicyclic) bond motifs is 3. The van der Waals surface area contributed by atoms with E-state index in [9.17, 15) is 5.11 Å². The van der Waals surface area contributed by atoms with Crippen molar-refractivity contribution in [3.8, 4) is 0 Å². The third-order valence-electron chi connectivity index (χ3n) is 3.24. The summed E-state index contributed by atoms with van der Waals surface area (Å²) in [6.45, 7) is 3.26. The first-order chi connectivity index (χ1) is 7.75. The standard InChI is InChI=1S/C13H15NO2/c1-8(15)9-2-3-12-10(6-9)11-7-16-5-4-13(11)14-12/h2-3,6,8,14-15H,4-5,7H2,1H3. The molecule has 0 amide bonds. The van der Waals surface area contributed by atoms with Crippen LogP contribution in [0.2, 0.25) is 0 Å².